The van der Waals surface area contributed by atoms with Crippen LogP contribution in [0.5, 0.6) is 0 Å². The summed E-state index contributed by atoms with van der Waals surface area (Å²) in [6, 6.07) is 10.5. The molecule has 3 aromatic rings. The first kappa shape index (κ1) is 24.1. The van der Waals surface area contributed by atoms with Gasteiger partial charge in [-0.25, -0.2) is 21.6 Å². The van der Waals surface area contributed by atoms with Crippen LogP contribution in [0.3, 0.4) is 0 Å². The lowest BCUT2D eigenvalue weighted by molar-refractivity contribution is -0.112. The zero-order valence-corrected chi connectivity index (χ0v) is 21.1. The third kappa shape index (κ3) is 5.06. The predicted molar refractivity (Wildman–Crippen MR) is 128 cm³/mol. The van der Waals surface area contributed by atoms with Crippen molar-refractivity contribution in [1.29, 1.82) is 0 Å². The van der Waals surface area contributed by atoms with Gasteiger partial charge in [0.1, 0.15) is 17.5 Å². The second kappa shape index (κ2) is 9.28. The minimum absolute atomic E-state index is 0.00727. The fourth-order valence-electron chi connectivity index (χ4n) is 3.10. The molecule has 170 valence electrons. The molecule has 0 spiro atoms. The first-order valence-corrected chi connectivity index (χ1v) is 13.3. The third-order valence-electron chi connectivity index (χ3n) is 4.72. The number of nitrogens with one attached hydrogen (secondary N) is 1. The van der Waals surface area contributed by atoms with E-state index in [1.807, 2.05) is 0 Å². The summed E-state index contributed by atoms with van der Waals surface area (Å²) in [6.45, 7) is 0. The number of amides is 1. The molecule has 0 atom stereocenters. The van der Waals surface area contributed by atoms with Crippen molar-refractivity contribution in [3.05, 3.63) is 91.0 Å². The molecule has 0 bridgehead atoms. The molecule has 4 rings (SSSR count). The molecule has 1 aliphatic heterocycles. The van der Waals surface area contributed by atoms with Gasteiger partial charge in [0, 0.05) is 31.5 Å². The predicted octanol–water partition coefficient (Wildman–Crippen LogP) is 6.69. The molecular formula is C22H12Br2F3NO3S2. The summed E-state index contributed by atoms with van der Waals surface area (Å²) >= 11 is 7.63. The Balaban J connectivity index is 1.65. The standard InChI is InChI=1S/C22H12Br2F3NO3S2/c23-15-2-1-3-16(24)14(15)10-33(30,31)12-4-5-20-19(8-12)28-22(29)21(32-20)9-13-17(26)6-11(25)7-18(13)27/h1-9H,10H2,(H,28,29)/b21-9-. The first-order valence-electron chi connectivity index (χ1n) is 9.20. The van der Waals surface area contributed by atoms with Crippen molar-refractivity contribution >= 4 is 71.1 Å². The number of hydrogen-bond acceptors (Lipinski definition) is 4. The average molecular weight is 619 g/mol. The lowest BCUT2D eigenvalue weighted by Gasteiger charge is -2.20. The van der Waals surface area contributed by atoms with Crippen LogP contribution in [0.15, 0.2) is 72.2 Å². The summed E-state index contributed by atoms with van der Waals surface area (Å²) in [7, 11) is -3.76. The average Bonchev–Trinajstić information content (AvgIpc) is 2.73. The summed E-state index contributed by atoms with van der Waals surface area (Å²) in [4.78, 5) is 13.0. The molecule has 1 N–H and O–H groups in total. The largest absolute Gasteiger partial charge is 0.320 e. The summed E-state index contributed by atoms with van der Waals surface area (Å²) in [5.74, 6) is -4.29. The van der Waals surface area contributed by atoms with Crippen molar-refractivity contribution in [2.75, 3.05) is 5.32 Å². The highest BCUT2D eigenvalue weighted by atomic mass is 79.9. The number of rotatable bonds is 4. The van der Waals surface area contributed by atoms with Gasteiger partial charge in [-0.3, -0.25) is 4.79 Å². The second-order valence-electron chi connectivity index (χ2n) is 6.97. The smallest absolute Gasteiger partial charge is 0.262 e. The van der Waals surface area contributed by atoms with E-state index in [0.29, 0.717) is 31.5 Å². The van der Waals surface area contributed by atoms with Gasteiger partial charge in [0.25, 0.3) is 5.91 Å². The van der Waals surface area contributed by atoms with Crippen LogP contribution in [0.2, 0.25) is 0 Å². The van der Waals surface area contributed by atoms with Gasteiger partial charge in [-0.05, 0) is 42.0 Å². The van der Waals surface area contributed by atoms with E-state index in [0.717, 1.165) is 17.8 Å². The number of sulfone groups is 1. The van der Waals surface area contributed by atoms with Gasteiger partial charge < -0.3 is 5.32 Å². The topological polar surface area (TPSA) is 63.2 Å². The fraction of sp³-hybridized carbons (Fsp3) is 0.0455. The van der Waals surface area contributed by atoms with E-state index in [-0.39, 0.29) is 21.2 Å². The molecule has 1 amide bonds. The van der Waals surface area contributed by atoms with E-state index in [1.165, 1.54) is 18.2 Å². The van der Waals surface area contributed by atoms with E-state index in [4.69, 9.17) is 0 Å². The molecule has 4 nitrogen and oxygen atoms in total. The Kier molecular flexibility index (Phi) is 6.77. The van der Waals surface area contributed by atoms with Crippen molar-refractivity contribution in [2.45, 2.75) is 15.5 Å². The van der Waals surface area contributed by atoms with Crippen LogP contribution in [-0.4, -0.2) is 14.3 Å². The van der Waals surface area contributed by atoms with Gasteiger partial charge in [0.05, 0.1) is 21.2 Å². The number of hydrogen-bond donors (Lipinski definition) is 1. The third-order valence-corrected chi connectivity index (χ3v) is 8.94. The van der Waals surface area contributed by atoms with E-state index < -0.39 is 38.8 Å². The van der Waals surface area contributed by atoms with Gasteiger partial charge in [-0.2, -0.15) is 0 Å². The van der Waals surface area contributed by atoms with E-state index in [1.54, 1.807) is 18.2 Å². The Hall–Kier alpha value is -2.08. The van der Waals surface area contributed by atoms with E-state index in [2.05, 4.69) is 37.2 Å². The number of carbonyl (C=O) groups is 1. The van der Waals surface area contributed by atoms with Crippen LogP contribution in [0.25, 0.3) is 6.08 Å². The molecule has 0 aliphatic carbocycles. The highest BCUT2D eigenvalue weighted by Crippen LogP contribution is 2.41. The normalized spacial score (nSPS) is 14.8. The number of carbonyl (C=O) groups excluding carboxylic acids is 1. The molecule has 1 heterocycles. The van der Waals surface area contributed by atoms with Gasteiger partial charge in [0.2, 0.25) is 0 Å². The minimum atomic E-state index is -3.76. The zero-order valence-electron chi connectivity index (χ0n) is 16.3. The van der Waals surface area contributed by atoms with Crippen LogP contribution in [0, 0.1) is 17.5 Å². The number of thioether (sulfide) groups is 1. The summed E-state index contributed by atoms with van der Waals surface area (Å²) in [6.07, 6.45) is 0.988. The molecule has 0 saturated heterocycles. The summed E-state index contributed by atoms with van der Waals surface area (Å²) < 4.78 is 68.3. The monoisotopic (exact) mass is 617 g/mol. The maximum Gasteiger partial charge on any atom is 0.262 e. The minimum Gasteiger partial charge on any atom is -0.320 e. The Bertz CT molecular complexity index is 1400. The lowest BCUT2D eigenvalue weighted by Crippen LogP contribution is -2.18. The number of anilines is 1. The summed E-state index contributed by atoms with van der Waals surface area (Å²) in [5.41, 5.74) is 0.271. The Morgan fingerprint density at radius 2 is 1.61 bits per heavy atom. The van der Waals surface area contributed by atoms with Crippen LogP contribution in [0.4, 0.5) is 18.9 Å². The Labute approximate surface area is 208 Å². The number of fused-ring (bicyclic) bond motifs is 1. The van der Waals surface area contributed by atoms with E-state index >= 15 is 0 Å². The SMILES string of the molecule is O=C1Nc2cc(S(=O)(=O)Cc3c(Br)cccc3Br)ccc2S/C1=C\c1c(F)cc(F)cc1F. The molecule has 33 heavy (non-hydrogen) atoms. The van der Waals surface area contributed by atoms with Crippen molar-refractivity contribution in [1.82, 2.24) is 0 Å². The zero-order chi connectivity index (χ0) is 23.9. The molecule has 0 fully saturated rings. The molecule has 1 aliphatic rings. The van der Waals surface area contributed by atoms with Gasteiger partial charge in [-0.15, -0.1) is 0 Å². The number of benzene rings is 3. The molecule has 11 heteroatoms. The van der Waals surface area contributed by atoms with Gasteiger partial charge in [0.15, 0.2) is 9.84 Å². The molecular weight excluding hydrogens is 607 g/mol. The molecule has 0 aromatic heterocycles. The van der Waals surface area contributed by atoms with Crippen LogP contribution in [0.1, 0.15) is 11.1 Å². The maximum absolute atomic E-state index is 14.0. The highest BCUT2D eigenvalue weighted by Gasteiger charge is 2.26. The van der Waals surface area contributed by atoms with E-state index in [9.17, 15) is 26.4 Å². The maximum atomic E-state index is 14.0. The van der Waals surface area contributed by atoms with Crippen LogP contribution >= 0.6 is 43.6 Å². The van der Waals surface area contributed by atoms with Crippen molar-refractivity contribution in [3.63, 3.8) is 0 Å². The fourth-order valence-corrected chi connectivity index (χ4v) is 7.09. The highest BCUT2D eigenvalue weighted by molar-refractivity contribution is 9.11. The molecule has 0 unspecified atom stereocenters. The van der Waals surface area contributed by atoms with Crippen molar-refractivity contribution in [2.24, 2.45) is 0 Å². The Morgan fingerprint density at radius 3 is 2.24 bits per heavy atom. The molecule has 0 radical (unpaired) electrons. The van der Waals surface area contributed by atoms with Crippen molar-refractivity contribution < 1.29 is 26.4 Å². The Morgan fingerprint density at radius 1 is 0.970 bits per heavy atom. The van der Waals surface area contributed by atoms with Crippen LogP contribution < -0.4 is 5.32 Å². The lowest BCUT2D eigenvalue weighted by atomic mass is 10.1. The molecule has 3 aromatic carbocycles. The van der Waals surface area contributed by atoms with Crippen LogP contribution in [-0.2, 0) is 20.4 Å². The molecule has 0 saturated carbocycles. The van der Waals surface area contributed by atoms with Crippen molar-refractivity contribution in [3.8, 4) is 0 Å². The van der Waals surface area contributed by atoms with Gasteiger partial charge >= 0.3 is 0 Å². The van der Waals surface area contributed by atoms with Gasteiger partial charge in [-0.1, -0.05) is 49.7 Å². The second-order valence-corrected chi connectivity index (χ2v) is 11.7. The summed E-state index contributed by atoms with van der Waals surface area (Å²) in [5, 5.41) is 2.55. The number of halogens is 5. The quantitative estimate of drug-likeness (QED) is 0.331. The first-order chi connectivity index (χ1) is 15.5.